The molecule has 0 radical (unpaired) electrons. The fourth-order valence-electron chi connectivity index (χ4n) is 3.98. The third-order valence-electron chi connectivity index (χ3n) is 6.23. The molecule has 2 saturated heterocycles. The molecule has 10 atom stereocenters. The summed E-state index contributed by atoms with van der Waals surface area (Å²) in [6.45, 7) is -1.10. The minimum Gasteiger partial charge on any atom is -0.394 e. The van der Waals surface area contributed by atoms with Crippen LogP contribution in [0.2, 0.25) is 0 Å². The Kier molecular flexibility index (Phi) is 13.5. The van der Waals surface area contributed by atoms with Gasteiger partial charge < -0.3 is 65.7 Å². The summed E-state index contributed by atoms with van der Waals surface area (Å²) in [7, 11) is 0. The van der Waals surface area contributed by atoms with Gasteiger partial charge in [-0.05, 0) is 12.8 Å². The number of rotatable bonds is 15. The van der Waals surface area contributed by atoms with Gasteiger partial charge in [-0.15, -0.1) is 0 Å². The van der Waals surface area contributed by atoms with Crippen molar-refractivity contribution < 1.29 is 64.3 Å². The number of unbranched alkanes of at least 4 members (excludes halogenated alkanes) is 3. The van der Waals surface area contributed by atoms with E-state index in [-0.39, 0.29) is 25.0 Å². The maximum atomic E-state index is 11.9. The normalized spacial score (nSPS) is 36.3. The summed E-state index contributed by atoms with van der Waals surface area (Å²) in [6, 6.07) is 0. The van der Waals surface area contributed by atoms with Crippen LogP contribution in [0.25, 0.3) is 0 Å². The van der Waals surface area contributed by atoms with E-state index in [0.717, 1.165) is 12.8 Å². The zero-order valence-corrected chi connectivity index (χ0v) is 20.5. The zero-order chi connectivity index (χ0) is 27.5. The van der Waals surface area contributed by atoms with E-state index in [1.54, 1.807) is 0 Å². The number of aliphatic hydroxyl groups excluding tert-OH is 7. The van der Waals surface area contributed by atoms with Gasteiger partial charge in [-0.25, -0.2) is 0 Å². The summed E-state index contributed by atoms with van der Waals surface area (Å²) >= 11 is 0. The molecular formula is C22H40N2O13. The Hall–Kier alpha value is -1.50. The molecule has 0 saturated carbocycles. The van der Waals surface area contributed by atoms with Crippen LogP contribution in [0.15, 0.2) is 0 Å². The molecule has 0 bridgehead atoms. The van der Waals surface area contributed by atoms with Gasteiger partial charge in [-0.2, -0.15) is 0 Å². The van der Waals surface area contributed by atoms with Crippen LogP contribution in [0.5, 0.6) is 0 Å². The van der Waals surface area contributed by atoms with E-state index in [1.165, 1.54) is 0 Å². The Morgan fingerprint density at radius 2 is 1.27 bits per heavy atom. The first-order chi connectivity index (χ1) is 17.6. The second kappa shape index (κ2) is 15.8. The number of carbonyl (C=O) groups excluding carboxylic acids is 2. The second-order valence-corrected chi connectivity index (χ2v) is 9.15. The highest BCUT2D eigenvalue weighted by molar-refractivity contribution is 5.75. The molecule has 15 heteroatoms. The molecule has 0 spiro atoms. The molecule has 37 heavy (non-hydrogen) atoms. The summed E-state index contributed by atoms with van der Waals surface area (Å²) in [5.41, 5.74) is 5.07. The van der Waals surface area contributed by atoms with Gasteiger partial charge in [0, 0.05) is 19.4 Å². The first-order valence-electron chi connectivity index (χ1n) is 12.3. The number of amides is 2. The largest absolute Gasteiger partial charge is 0.394 e. The fourth-order valence-corrected chi connectivity index (χ4v) is 3.98. The summed E-state index contributed by atoms with van der Waals surface area (Å²) in [4.78, 5) is 22.6. The van der Waals surface area contributed by atoms with E-state index in [2.05, 4.69) is 5.32 Å². The predicted molar refractivity (Wildman–Crippen MR) is 122 cm³/mol. The van der Waals surface area contributed by atoms with Gasteiger partial charge in [0.1, 0.15) is 48.8 Å². The van der Waals surface area contributed by atoms with Crippen LogP contribution in [0.1, 0.15) is 38.5 Å². The molecule has 0 aromatic carbocycles. The van der Waals surface area contributed by atoms with Gasteiger partial charge >= 0.3 is 0 Å². The van der Waals surface area contributed by atoms with Crippen molar-refractivity contribution in [3.63, 3.8) is 0 Å². The Morgan fingerprint density at radius 3 is 1.86 bits per heavy atom. The SMILES string of the molecule is NC(=O)CCCCCCC(=O)NCCO[C@H]1O[C@H](CO[C@H]2O[C@H](CO)[C@@H](O)[C@H](O)[C@@H]2O)[C@@H](O)[C@H](O)[C@@H]1O. The quantitative estimate of drug-likeness (QED) is 0.0890. The van der Waals surface area contributed by atoms with Crippen molar-refractivity contribution in [2.24, 2.45) is 5.73 Å². The van der Waals surface area contributed by atoms with Crippen molar-refractivity contribution >= 4 is 11.8 Å². The van der Waals surface area contributed by atoms with Crippen LogP contribution >= 0.6 is 0 Å². The Balaban J connectivity index is 1.72. The van der Waals surface area contributed by atoms with Gasteiger partial charge in [-0.1, -0.05) is 12.8 Å². The minimum absolute atomic E-state index is 0.0742. The summed E-state index contributed by atoms with van der Waals surface area (Å²) in [6.07, 6.45) is -11.5. The number of aliphatic hydroxyl groups is 7. The maximum absolute atomic E-state index is 11.9. The molecule has 2 heterocycles. The van der Waals surface area contributed by atoms with E-state index in [1.807, 2.05) is 0 Å². The molecular weight excluding hydrogens is 500 g/mol. The molecule has 15 nitrogen and oxygen atoms in total. The number of primary amides is 1. The highest BCUT2D eigenvalue weighted by Gasteiger charge is 2.47. The topological polar surface area (TPSA) is 251 Å². The molecule has 0 aromatic rings. The van der Waals surface area contributed by atoms with Gasteiger partial charge in [0.25, 0.3) is 0 Å². The minimum atomic E-state index is -1.67. The standard InChI is InChI=1S/C22H40N2O13/c23-13(26)5-3-1-2-4-6-14(27)24-7-8-34-21-19(32)18(31)16(29)12(37-21)10-35-22-20(33)17(30)15(28)11(9-25)36-22/h11-12,15-22,25,28-33H,1-10H2,(H2,23,26)(H,24,27)/t11-,12-,15-,16-,17+,18+,19+,20+,21+,22+/m1/s1. The van der Waals surface area contributed by atoms with Crippen LogP contribution in [0, 0.1) is 0 Å². The number of nitrogens with one attached hydrogen (secondary N) is 1. The fraction of sp³-hybridized carbons (Fsp3) is 0.909. The van der Waals surface area contributed by atoms with Gasteiger partial charge in [0.05, 0.1) is 19.8 Å². The second-order valence-electron chi connectivity index (χ2n) is 9.15. The smallest absolute Gasteiger partial charge is 0.220 e. The summed E-state index contributed by atoms with van der Waals surface area (Å²) < 4.78 is 21.5. The zero-order valence-electron chi connectivity index (χ0n) is 20.5. The van der Waals surface area contributed by atoms with Crippen molar-refractivity contribution in [2.75, 3.05) is 26.4 Å². The average molecular weight is 541 g/mol. The number of ether oxygens (including phenoxy) is 4. The summed E-state index contributed by atoms with van der Waals surface area (Å²) in [5, 5.41) is 72.2. The lowest BCUT2D eigenvalue weighted by molar-refractivity contribution is -0.330. The highest BCUT2D eigenvalue weighted by Crippen LogP contribution is 2.25. The Labute approximate surface area is 214 Å². The number of nitrogens with two attached hydrogens (primary N) is 1. The Bertz CT molecular complexity index is 699. The molecule has 2 rings (SSSR count). The molecule has 10 N–H and O–H groups in total. The first kappa shape index (κ1) is 31.7. The average Bonchev–Trinajstić information content (AvgIpc) is 2.87. The molecule has 2 aliphatic rings. The monoisotopic (exact) mass is 540 g/mol. The lowest BCUT2D eigenvalue weighted by Gasteiger charge is -2.42. The maximum Gasteiger partial charge on any atom is 0.220 e. The van der Waals surface area contributed by atoms with Crippen molar-refractivity contribution in [3.8, 4) is 0 Å². The van der Waals surface area contributed by atoms with Crippen molar-refractivity contribution in [2.45, 2.75) is 99.9 Å². The van der Waals surface area contributed by atoms with Crippen molar-refractivity contribution in [1.82, 2.24) is 5.32 Å². The van der Waals surface area contributed by atoms with Gasteiger partial charge in [-0.3, -0.25) is 9.59 Å². The van der Waals surface area contributed by atoms with Crippen LogP contribution in [0.3, 0.4) is 0 Å². The number of hydrogen-bond donors (Lipinski definition) is 9. The van der Waals surface area contributed by atoms with Crippen LogP contribution in [-0.2, 0) is 28.5 Å². The van der Waals surface area contributed by atoms with Crippen LogP contribution < -0.4 is 11.1 Å². The molecule has 2 aliphatic heterocycles. The third-order valence-corrected chi connectivity index (χ3v) is 6.23. The lowest BCUT2D eigenvalue weighted by atomic mass is 9.98. The summed E-state index contributed by atoms with van der Waals surface area (Å²) in [5.74, 6) is -0.552. The molecule has 0 unspecified atom stereocenters. The van der Waals surface area contributed by atoms with Crippen molar-refractivity contribution in [3.05, 3.63) is 0 Å². The molecule has 0 aliphatic carbocycles. The number of carbonyl (C=O) groups is 2. The molecule has 216 valence electrons. The first-order valence-corrected chi connectivity index (χ1v) is 12.3. The van der Waals surface area contributed by atoms with Crippen LogP contribution in [-0.4, -0.2) is 135 Å². The van der Waals surface area contributed by atoms with E-state index < -0.39 is 74.6 Å². The van der Waals surface area contributed by atoms with Gasteiger partial charge in [0.2, 0.25) is 11.8 Å². The molecule has 2 fully saturated rings. The van der Waals surface area contributed by atoms with Gasteiger partial charge in [0.15, 0.2) is 12.6 Å². The van der Waals surface area contributed by atoms with E-state index in [9.17, 15) is 45.3 Å². The Morgan fingerprint density at radius 1 is 0.730 bits per heavy atom. The van der Waals surface area contributed by atoms with Crippen molar-refractivity contribution in [1.29, 1.82) is 0 Å². The predicted octanol–water partition coefficient (Wildman–Crippen LogP) is -4.43. The molecule has 0 aromatic heterocycles. The highest BCUT2D eigenvalue weighted by atomic mass is 16.7. The van der Waals surface area contributed by atoms with E-state index in [0.29, 0.717) is 25.7 Å². The van der Waals surface area contributed by atoms with E-state index in [4.69, 9.17) is 24.7 Å². The molecule has 2 amide bonds. The number of hydrogen-bond acceptors (Lipinski definition) is 13. The van der Waals surface area contributed by atoms with E-state index >= 15 is 0 Å². The van der Waals surface area contributed by atoms with Crippen LogP contribution in [0.4, 0.5) is 0 Å². The lowest BCUT2D eigenvalue weighted by Crippen LogP contribution is -2.61. The third kappa shape index (κ3) is 9.63.